The first-order valence-corrected chi connectivity index (χ1v) is 25.9. The van der Waals surface area contributed by atoms with Crippen LogP contribution in [0.25, 0.3) is 0 Å². The summed E-state index contributed by atoms with van der Waals surface area (Å²) >= 11 is 0. The third-order valence-corrected chi connectivity index (χ3v) is 11.8. The van der Waals surface area contributed by atoms with Crippen molar-refractivity contribution in [3.8, 4) is 0 Å². The van der Waals surface area contributed by atoms with Crippen LogP contribution in [-0.4, -0.2) is 37.2 Å². The molecule has 0 saturated heterocycles. The van der Waals surface area contributed by atoms with Gasteiger partial charge in [0.2, 0.25) is 0 Å². The van der Waals surface area contributed by atoms with Crippen molar-refractivity contribution in [2.24, 2.45) is 5.92 Å². The highest BCUT2D eigenvalue weighted by molar-refractivity contribution is 5.71. The Bertz CT molecular complexity index is 872. The Morgan fingerprint density at radius 3 is 0.845 bits per heavy atom. The summed E-state index contributed by atoms with van der Waals surface area (Å²) in [7, 11) is 0. The summed E-state index contributed by atoms with van der Waals surface area (Å²) in [5.74, 6) is -0.00688. The molecule has 0 rings (SSSR count). The van der Waals surface area contributed by atoms with Crippen molar-refractivity contribution in [2.75, 3.05) is 13.2 Å². The second-order valence-electron chi connectivity index (χ2n) is 18.3. The number of unbranched alkanes of at least 4 members (excludes halogenated alkanes) is 34. The van der Waals surface area contributed by atoms with Crippen LogP contribution in [0, 0.1) is 5.92 Å². The Morgan fingerprint density at radius 1 is 0.328 bits per heavy atom. The highest BCUT2D eigenvalue weighted by Gasteiger charge is 2.19. The van der Waals surface area contributed by atoms with E-state index >= 15 is 0 Å². The number of carbonyl (C=O) groups is 3. The smallest absolute Gasteiger partial charge is 0.306 e. The maximum Gasteiger partial charge on any atom is 0.306 e. The minimum Gasteiger partial charge on any atom is -0.462 e. The third kappa shape index (κ3) is 45.5. The highest BCUT2D eigenvalue weighted by atomic mass is 16.6. The number of hydrogen-bond acceptors (Lipinski definition) is 6. The second kappa shape index (κ2) is 46.5. The van der Waals surface area contributed by atoms with E-state index in [1.165, 1.54) is 186 Å². The average Bonchev–Trinajstić information content (AvgIpc) is 3.21. The van der Waals surface area contributed by atoms with Gasteiger partial charge in [-0.15, -0.1) is 0 Å². The first-order chi connectivity index (χ1) is 28.4. The van der Waals surface area contributed by atoms with Gasteiger partial charge in [0.05, 0.1) is 0 Å². The molecule has 0 heterocycles. The minimum atomic E-state index is -0.760. The summed E-state index contributed by atoms with van der Waals surface area (Å²) in [5, 5.41) is 0. The van der Waals surface area contributed by atoms with Gasteiger partial charge in [0.1, 0.15) is 13.2 Å². The molecule has 0 aromatic rings. The van der Waals surface area contributed by atoms with Crippen molar-refractivity contribution in [3.05, 3.63) is 0 Å². The lowest BCUT2D eigenvalue weighted by Crippen LogP contribution is -2.30. The van der Waals surface area contributed by atoms with Crippen LogP contribution in [0.4, 0.5) is 0 Å². The van der Waals surface area contributed by atoms with Crippen molar-refractivity contribution in [2.45, 2.75) is 297 Å². The fraction of sp³-hybridized carbons (Fsp3) is 0.942. The summed E-state index contributed by atoms with van der Waals surface area (Å²) < 4.78 is 16.8. The van der Waals surface area contributed by atoms with Gasteiger partial charge >= 0.3 is 17.9 Å². The van der Waals surface area contributed by atoms with Gasteiger partial charge in [-0.05, 0) is 25.2 Å². The predicted octanol–water partition coefficient (Wildman–Crippen LogP) is 16.7. The number of carbonyl (C=O) groups excluding carboxylic acids is 3. The van der Waals surface area contributed by atoms with Crippen LogP contribution in [0.3, 0.4) is 0 Å². The van der Waals surface area contributed by atoms with Gasteiger partial charge < -0.3 is 14.2 Å². The molecule has 0 aromatic carbocycles. The molecule has 6 nitrogen and oxygen atoms in total. The van der Waals surface area contributed by atoms with E-state index in [0.29, 0.717) is 19.3 Å². The molecule has 58 heavy (non-hydrogen) atoms. The van der Waals surface area contributed by atoms with E-state index in [1.807, 2.05) is 0 Å². The number of ether oxygens (including phenoxy) is 3. The predicted molar refractivity (Wildman–Crippen MR) is 247 cm³/mol. The maximum atomic E-state index is 12.8. The fourth-order valence-electron chi connectivity index (χ4n) is 7.86. The molecule has 0 aliphatic carbocycles. The van der Waals surface area contributed by atoms with Crippen molar-refractivity contribution in [1.82, 2.24) is 0 Å². The van der Waals surface area contributed by atoms with E-state index in [4.69, 9.17) is 14.2 Å². The van der Waals surface area contributed by atoms with E-state index in [2.05, 4.69) is 27.7 Å². The van der Waals surface area contributed by atoms with Gasteiger partial charge in [-0.25, -0.2) is 0 Å². The molecule has 344 valence electrons. The van der Waals surface area contributed by atoms with Gasteiger partial charge in [0.15, 0.2) is 6.10 Å². The third-order valence-electron chi connectivity index (χ3n) is 11.8. The van der Waals surface area contributed by atoms with E-state index < -0.39 is 6.10 Å². The van der Waals surface area contributed by atoms with Crippen molar-refractivity contribution in [1.29, 1.82) is 0 Å². The summed E-state index contributed by atoms with van der Waals surface area (Å²) in [6.07, 6.45) is 48.0. The molecule has 1 atom stereocenters. The van der Waals surface area contributed by atoms with Crippen molar-refractivity contribution in [3.63, 3.8) is 0 Å². The molecule has 0 bridgehead atoms. The van der Waals surface area contributed by atoms with E-state index in [-0.39, 0.29) is 31.1 Å². The van der Waals surface area contributed by atoms with Crippen molar-refractivity contribution < 1.29 is 28.6 Å². The molecule has 0 radical (unpaired) electrons. The molecule has 0 unspecified atom stereocenters. The van der Waals surface area contributed by atoms with Crippen LogP contribution in [0.5, 0.6) is 0 Å². The molecule has 0 aliphatic heterocycles. The van der Waals surface area contributed by atoms with Crippen LogP contribution in [0.2, 0.25) is 0 Å². The number of hydrogen-bond donors (Lipinski definition) is 0. The summed E-state index contributed by atoms with van der Waals surface area (Å²) in [6.45, 7) is 9.02. The lowest BCUT2D eigenvalue weighted by Gasteiger charge is -2.18. The van der Waals surface area contributed by atoms with Gasteiger partial charge in [-0.2, -0.15) is 0 Å². The Kier molecular flexibility index (Phi) is 45.2. The van der Waals surface area contributed by atoms with Crippen LogP contribution in [-0.2, 0) is 28.6 Å². The normalized spacial score (nSPS) is 11.9. The van der Waals surface area contributed by atoms with Crippen LogP contribution < -0.4 is 0 Å². The fourth-order valence-corrected chi connectivity index (χ4v) is 7.86. The largest absolute Gasteiger partial charge is 0.462 e. The molecule has 0 spiro atoms. The maximum absolute atomic E-state index is 12.8. The van der Waals surface area contributed by atoms with Crippen molar-refractivity contribution >= 4 is 17.9 Å². The van der Waals surface area contributed by atoms with Gasteiger partial charge in [0, 0.05) is 19.3 Å². The Morgan fingerprint density at radius 2 is 0.569 bits per heavy atom. The lowest BCUT2D eigenvalue weighted by molar-refractivity contribution is -0.167. The summed E-state index contributed by atoms with van der Waals surface area (Å²) in [5.41, 5.74) is 0. The standard InChI is InChI=1S/C52H100O6/c1-5-7-9-11-13-15-17-18-21-24-28-32-36-40-44-51(54)57-47-49(46-56-50(53)43-39-35-31-27-16-14-12-10-8-6-2)58-52(55)45-41-37-33-29-25-22-19-20-23-26-30-34-38-42-48(3)4/h48-49H,5-47H2,1-4H3/t49-/m1/s1. The zero-order valence-corrected chi connectivity index (χ0v) is 39.5. The van der Waals surface area contributed by atoms with Gasteiger partial charge in [-0.1, -0.05) is 252 Å². The quantitative estimate of drug-likeness (QED) is 0.0346. The first kappa shape index (κ1) is 56.4. The first-order valence-electron chi connectivity index (χ1n) is 25.9. The molecule has 0 fully saturated rings. The molecular weight excluding hydrogens is 721 g/mol. The molecular formula is C52H100O6. The summed E-state index contributed by atoms with van der Waals surface area (Å²) in [6, 6.07) is 0. The topological polar surface area (TPSA) is 78.9 Å². The Balaban J connectivity index is 4.28. The minimum absolute atomic E-state index is 0.0627. The van der Waals surface area contributed by atoms with Gasteiger partial charge in [-0.3, -0.25) is 14.4 Å². The SMILES string of the molecule is CCCCCCCCCCCCCCCCC(=O)OC[C@@H](COC(=O)CCCCCCCCCCCC)OC(=O)CCCCCCCCCCCCCCCC(C)C. The zero-order valence-electron chi connectivity index (χ0n) is 39.5. The van der Waals surface area contributed by atoms with Crippen LogP contribution in [0.15, 0.2) is 0 Å². The molecule has 0 aromatic heterocycles. The number of esters is 3. The zero-order chi connectivity index (χ0) is 42.4. The molecule has 6 heteroatoms. The average molecular weight is 821 g/mol. The van der Waals surface area contributed by atoms with E-state index in [9.17, 15) is 14.4 Å². The monoisotopic (exact) mass is 821 g/mol. The molecule has 0 saturated carbocycles. The van der Waals surface area contributed by atoms with Crippen LogP contribution >= 0.6 is 0 Å². The Hall–Kier alpha value is -1.59. The molecule has 0 aliphatic rings. The molecule has 0 amide bonds. The van der Waals surface area contributed by atoms with E-state index in [1.54, 1.807) is 0 Å². The second-order valence-corrected chi connectivity index (χ2v) is 18.3. The Labute approximate surface area is 361 Å². The van der Waals surface area contributed by atoms with Crippen LogP contribution in [0.1, 0.15) is 291 Å². The van der Waals surface area contributed by atoms with E-state index in [0.717, 1.165) is 63.7 Å². The highest BCUT2D eigenvalue weighted by Crippen LogP contribution is 2.17. The molecule has 0 N–H and O–H groups in total. The number of rotatable bonds is 47. The van der Waals surface area contributed by atoms with Gasteiger partial charge in [0.25, 0.3) is 0 Å². The summed E-state index contributed by atoms with van der Waals surface area (Å²) in [4.78, 5) is 37.9. The lowest BCUT2D eigenvalue weighted by atomic mass is 10.0.